The molecule has 2 aliphatic heterocycles. The molecule has 8 nitrogen and oxygen atoms in total. The van der Waals surface area contributed by atoms with Gasteiger partial charge in [-0.25, -0.2) is 9.37 Å². The van der Waals surface area contributed by atoms with Crippen molar-refractivity contribution in [1.29, 1.82) is 5.26 Å². The third kappa shape index (κ3) is 5.24. The molecular weight excluding hydrogens is 531 g/mol. The summed E-state index contributed by atoms with van der Waals surface area (Å²) in [5.41, 5.74) is 5.64. The number of ether oxygens (including phenoxy) is 1. The molecular formula is C33H35FN6O2. The number of anilines is 2. The summed E-state index contributed by atoms with van der Waals surface area (Å²) < 4.78 is 21.2. The highest BCUT2D eigenvalue weighted by Gasteiger charge is 2.36. The quantitative estimate of drug-likeness (QED) is 0.353. The standard InChI is InChI=1S/C33H35FN6O2/c1-22-21-40(23(2)20-39(22)30-18-31(41)37(3)29-12-11-27(19-35)36-32(29)30)33(24-7-9-26(34)10-8-24)25-5-4-6-28(17-25)38-13-15-42-16-14-38/h4-12,17-18,22-23,33H,13-16,20-21H2,1-3H3/t22-,23+,33?/m0/s1. The van der Waals surface area contributed by atoms with Crippen molar-refractivity contribution in [2.45, 2.75) is 32.0 Å². The Morgan fingerprint density at radius 2 is 1.74 bits per heavy atom. The average Bonchev–Trinajstić information content (AvgIpc) is 3.02. The van der Waals surface area contributed by atoms with Gasteiger partial charge in [-0.15, -0.1) is 0 Å². The summed E-state index contributed by atoms with van der Waals surface area (Å²) in [6, 6.07) is 22.7. The average molecular weight is 567 g/mol. The minimum absolute atomic E-state index is 0.0365. The zero-order valence-electron chi connectivity index (χ0n) is 24.2. The maximum absolute atomic E-state index is 14.0. The summed E-state index contributed by atoms with van der Waals surface area (Å²) in [5, 5.41) is 9.51. The fraction of sp³-hybridized carbons (Fsp3) is 0.364. The molecule has 0 saturated carbocycles. The fourth-order valence-corrected chi connectivity index (χ4v) is 6.38. The second-order valence-corrected chi connectivity index (χ2v) is 11.3. The Morgan fingerprint density at radius 1 is 0.976 bits per heavy atom. The van der Waals surface area contributed by atoms with Crippen LogP contribution in [0.5, 0.6) is 0 Å². The number of fused-ring (bicyclic) bond motifs is 1. The lowest BCUT2D eigenvalue weighted by Gasteiger charge is -2.48. The van der Waals surface area contributed by atoms with Crippen molar-refractivity contribution < 1.29 is 9.13 Å². The number of rotatable bonds is 5. The van der Waals surface area contributed by atoms with E-state index >= 15 is 0 Å². The second-order valence-electron chi connectivity index (χ2n) is 11.3. The van der Waals surface area contributed by atoms with Gasteiger partial charge < -0.3 is 19.1 Å². The molecule has 2 aromatic carbocycles. The summed E-state index contributed by atoms with van der Waals surface area (Å²) in [7, 11) is 1.73. The topological polar surface area (TPSA) is 77.6 Å². The van der Waals surface area contributed by atoms with Crippen LogP contribution < -0.4 is 15.4 Å². The predicted octanol–water partition coefficient (Wildman–Crippen LogP) is 4.47. The SMILES string of the molecule is C[C@@H]1CN(c2cc(=O)n(C)c3ccc(C#N)nc23)[C@@H](C)CN1C(c1ccc(F)cc1)c1cccc(N2CCOCC2)c1. The molecule has 42 heavy (non-hydrogen) atoms. The van der Waals surface area contributed by atoms with E-state index in [9.17, 15) is 14.4 Å². The van der Waals surface area contributed by atoms with Gasteiger partial charge in [-0.05, 0) is 61.4 Å². The van der Waals surface area contributed by atoms with Gasteiger partial charge in [-0.1, -0.05) is 24.3 Å². The van der Waals surface area contributed by atoms with Crippen molar-refractivity contribution >= 4 is 22.4 Å². The maximum Gasteiger partial charge on any atom is 0.252 e. The number of morpholine rings is 1. The Morgan fingerprint density at radius 3 is 2.48 bits per heavy atom. The minimum Gasteiger partial charge on any atom is -0.378 e. The van der Waals surface area contributed by atoms with Crippen LogP contribution >= 0.6 is 0 Å². The van der Waals surface area contributed by atoms with Crippen molar-refractivity contribution in [3.8, 4) is 6.07 Å². The smallest absolute Gasteiger partial charge is 0.252 e. The number of halogens is 1. The van der Waals surface area contributed by atoms with Gasteiger partial charge >= 0.3 is 0 Å². The van der Waals surface area contributed by atoms with Crippen molar-refractivity contribution in [2.75, 3.05) is 49.2 Å². The number of hydrogen-bond donors (Lipinski definition) is 0. The Hall–Kier alpha value is -4.26. The monoisotopic (exact) mass is 566 g/mol. The lowest BCUT2D eigenvalue weighted by molar-refractivity contribution is 0.122. The number of aromatic nitrogens is 2. The Bertz CT molecular complexity index is 1690. The van der Waals surface area contributed by atoms with Gasteiger partial charge in [0.2, 0.25) is 0 Å². The molecule has 2 saturated heterocycles. The summed E-state index contributed by atoms with van der Waals surface area (Å²) in [6.45, 7) is 8.84. The number of aryl methyl sites for hydroxylation is 1. The molecule has 9 heteroatoms. The first-order valence-electron chi connectivity index (χ1n) is 14.5. The molecule has 4 heterocycles. The molecule has 0 spiro atoms. The number of nitrogens with zero attached hydrogens (tertiary/aromatic N) is 6. The van der Waals surface area contributed by atoms with Crippen LogP contribution in [0.2, 0.25) is 0 Å². The molecule has 3 atom stereocenters. The minimum atomic E-state index is -0.257. The lowest BCUT2D eigenvalue weighted by atomic mass is 9.93. The van der Waals surface area contributed by atoms with E-state index in [0.717, 1.165) is 35.6 Å². The van der Waals surface area contributed by atoms with Crippen LogP contribution in [0.4, 0.5) is 15.8 Å². The molecule has 0 N–H and O–H groups in total. The molecule has 0 aliphatic carbocycles. The molecule has 2 fully saturated rings. The van der Waals surface area contributed by atoms with E-state index in [4.69, 9.17) is 4.74 Å². The summed E-state index contributed by atoms with van der Waals surface area (Å²) in [4.78, 5) is 24.6. The molecule has 4 aromatic rings. The van der Waals surface area contributed by atoms with Crippen molar-refractivity contribution in [1.82, 2.24) is 14.5 Å². The highest BCUT2D eigenvalue weighted by molar-refractivity contribution is 5.89. The van der Waals surface area contributed by atoms with Crippen LogP contribution in [0.25, 0.3) is 11.0 Å². The molecule has 216 valence electrons. The summed E-state index contributed by atoms with van der Waals surface area (Å²) in [5.74, 6) is -0.257. The zero-order valence-corrected chi connectivity index (χ0v) is 24.2. The van der Waals surface area contributed by atoms with E-state index in [1.165, 1.54) is 12.1 Å². The third-order valence-electron chi connectivity index (χ3n) is 8.61. The fourth-order valence-electron chi connectivity index (χ4n) is 6.38. The predicted molar refractivity (Wildman–Crippen MR) is 162 cm³/mol. The van der Waals surface area contributed by atoms with Crippen molar-refractivity contribution in [3.05, 3.63) is 99.7 Å². The number of pyridine rings is 2. The molecule has 1 unspecified atom stereocenters. The third-order valence-corrected chi connectivity index (χ3v) is 8.61. The van der Waals surface area contributed by atoms with Crippen LogP contribution in [0, 0.1) is 17.1 Å². The van der Waals surface area contributed by atoms with Gasteiger partial charge in [0.25, 0.3) is 5.56 Å². The van der Waals surface area contributed by atoms with E-state index in [2.05, 4.69) is 63.9 Å². The van der Waals surface area contributed by atoms with Crippen LogP contribution in [0.15, 0.2) is 71.5 Å². The molecule has 0 bridgehead atoms. The number of nitriles is 1. The number of hydrogen-bond acceptors (Lipinski definition) is 7. The van der Waals surface area contributed by atoms with Gasteiger partial charge in [0.05, 0.1) is 30.5 Å². The zero-order chi connectivity index (χ0) is 29.4. The summed E-state index contributed by atoms with van der Waals surface area (Å²) >= 11 is 0. The first-order chi connectivity index (χ1) is 20.3. The van der Waals surface area contributed by atoms with Gasteiger partial charge in [0, 0.05) is 57.1 Å². The molecule has 6 rings (SSSR count). The molecule has 0 amide bonds. The van der Waals surface area contributed by atoms with Gasteiger partial charge in [0.15, 0.2) is 0 Å². The van der Waals surface area contributed by atoms with E-state index in [1.54, 1.807) is 29.8 Å². The second kappa shape index (κ2) is 11.6. The molecule has 0 radical (unpaired) electrons. The summed E-state index contributed by atoms with van der Waals surface area (Å²) in [6.07, 6.45) is 0. The van der Waals surface area contributed by atoms with Crippen LogP contribution in [0.1, 0.15) is 36.7 Å². The van der Waals surface area contributed by atoms with E-state index in [1.807, 2.05) is 12.1 Å². The first-order valence-corrected chi connectivity index (χ1v) is 14.5. The first kappa shape index (κ1) is 27.9. The van der Waals surface area contributed by atoms with Crippen LogP contribution in [0.3, 0.4) is 0 Å². The highest BCUT2D eigenvalue weighted by Crippen LogP contribution is 2.37. The van der Waals surface area contributed by atoms with E-state index in [-0.39, 0.29) is 29.5 Å². The van der Waals surface area contributed by atoms with Crippen LogP contribution in [-0.4, -0.2) is 65.9 Å². The lowest BCUT2D eigenvalue weighted by Crippen LogP contribution is -2.57. The van der Waals surface area contributed by atoms with Gasteiger partial charge in [0.1, 0.15) is 23.1 Å². The van der Waals surface area contributed by atoms with E-state index in [0.29, 0.717) is 43.0 Å². The van der Waals surface area contributed by atoms with Gasteiger partial charge in [-0.3, -0.25) is 9.69 Å². The molecule has 2 aliphatic rings. The number of benzene rings is 2. The Labute approximate surface area is 245 Å². The normalized spacial score (nSPS) is 20.5. The largest absolute Gasteiger partial charge is 0.378 e. The van der Waals surface area contributed by atoms with Crippen molar-refractivity contribution in [2.24, 2.45) is 7.05 Å². The van der Waals surface area contributed by atoms with Crippen molar-refractivity contribution in [3.63, 3.8) is 0 Å². The maximum atomic E-state index is 14.0. The Kier molecular flexibility index (Phi) is 7.67. The number of piperazine rings is 1. The van der Waals surface area contributed by atoms with Crippen LogP contribution in [-0.2, 0) is 11.8 Å². The Balaban J connectivity index is 1.38. The van der Waals surface area contributed by atoms with E-state index < -0.39 is 0 Å². The highest BCUT2D eigenvalue weighted by atomic mass is 19.1. The van der Waals surface area contributed by atoms with Gasteiger partial charge in [-0.2, -0.15) is 5.26 Å². The molecule has 2 aromatic heterocycles.